The van der Waals surface area contributed by atoms with E-state index in [1.54, 1.807) is 0 Å². The largest absolute Gasteiger partial charge is 1.00 e. The maximum absolute atomic E-state index is 11.1. The number of rotatable bonds is 20. The van der Waals surface area contributed by atoms with Crippen molar-refractivity contribution in [2.75, 3.05) is 19.6 Å². The van der Waals surface area contributed by atoms with Crippen LogP contribution >= 0.6 is 0 Å². The molecular formula is C26H48LiNO2. The van der Waals surface area contributed by atoms with Crippen LogP contribution in [0.5, 0.6) is 0 Å². The van der Waals surface area contributed by atoms with Gasteiger partial charge in [-0.3, -0.25) is 4.90 Å². The van der Waals surface area contributed by atoms with Gasteiger partial charge >= 0.3 is 18.9 Å². The number of carboxylic acid groups (broad SMARTS) is 1. The molecule has 0 fully saturated rings. The van der Waals surface area contributed by atoms with Gasteiger partial charge in [-0.2, -0.15) is 0 Å². The van der Waals surface area contributed by atoms with Crippen LogP contribution in [0.15, 0.2) is 24.3 Å². The number of hydrogen-bond donors (Lipinski definition) is 0. The third kappa shape index (κ3) is 22.2. The average Bonchev–Trinajstić information content (AvgIpc) is 2.69. The Balaban J connectivity index is 0. The van der Waals surface area contributed by atoms with E-state index in [2.05, 4.69) is 56.9 Å². The molecule has 30 heavy (non-hydrogen) atoms. The Bertz CT molecular complexity index is 405. The molecule has 0 aromatic carbocycles. The Hall–Kier alpha value is -0.493. The van der Waals surface area contributed by atoms with E-state index >= 15 is 0 Å². The van der Waals surface area contributed by atoms with Crippen molar-refractivity contribution < 1.29 is 28.8 Å². The zero-order chi connectivity index (χ0) is 21.7. The molecule has 0 aliphatic heterocycles. The zero-order valence-corrected chi connectivity index (χ0v) is 20.8. The molecule has 0 saturated heterocycles. The van der Waals surface area contributed by atoms with Crippen molar-refractivity contribution in [2.45, 2.75) is 105 Å². The van der Waals surface area contributed by atoms with Crippen LogP contribution in [-0.2, 0) is 4.79 Å². The molecule has 2 atom stereocenters. The Labute approximate surface area is 199 Å². The van der Waals surface area contributed by atoms with Crippen LogP contribution < -0.4 is 24.0 Å². The Morgan fingerprint density at radius 3 is 1.60 bits per heavy atom. The van der Waals surface area contributed by atoms with E-state index in [1.165, 1.54) is 51.4 Å². The molecule has 0 saturated carbocycles. The van der Waals surface area contributed by atoms with E-state index in [1.807, 2.05) is 0 Å². The van der Waals surface area contributed by atoms with Crippen LogP contribution in [0.4, 0.5) is 0 Å². The van der Waals surface area contributed by atoms with Gasteiger partial charge < -0.3 is 9.90 Å². The van der Waals surface area contributed by atoms with E-state index in [9.17, 15) is 9.90 Å². The number of hydrogen-bond acceptors (Lipinski definition) is 3. The number of nitrogens with zero attached hydrogens (tertiary/aromatic N) is 1. The second-order valence-corrected chi connectivity index (χ2v) is 8.84. The minimum atomic E-state index is -0.961. The molecule has 0 aromatic rings. The predicted octanol–water partition coefficient (Wildman–Crippen LogP) is 3.15. The van der Waals surface area contributed by atoms with Crippen LogP contribution in [0.3, 0.4) is 0 Å². The van der Waals surface area contributed by atoms with Gasteiger partial charge in [0.25, 0.3) is 0 Å². The van der Waals surface area contributed by atoms with E-state index in [4.69, 9.17) is 0 Å². The van der Waals surface area contributed by atoms with Crippen LogP contribution in [-0.4, -0.2) is 30.5 Å². The van der Waals surface area contributed by atoms with E-state index in [-0.39, 0.29) is 25.4 Å². The average molecular weight is 414 g/mol. The summed E-state index contributed by atoms with van der Waals surface area (Å²) in [5.74, 6) is 0.215. The molecule has 2 unspecified atom stereocenters. The molecule has 0 aromatic heterocycles. The Kier molecular flexibility index (Phi) is 24.5. The molecule has 0 heterocycles. The molecule has 0 amide bonds. The first kappa shape index (κ1) is 31.7. The maximum atomic E-state index is 11.1. The summed E-state index contributed by atoms with van der Waals surface area (Å²) < 4.78 is 0. The summed E-state index contributed by atoms with van der Waals surface area (Å²) in [7, 11) is 0. The summed E-state index contributed by atoms with van der Waals surface area (Å²) in [5.41, 5.74) is 0. The molecule has 0 spiro atoms. The smallest absolute Gasteiger partial charge is 0.549 e. The fourth-order valence-corrected chi connectivity index (χ4v) is 3.41. The molecule has 0 radical (unpaired) electrons. The second kappa shape index (κ2) is 23.2. The first-order valence-electron chi connectivity index (χ1n) is 12.2. The fourth-order valence-electron chi connectivity index (χ4n) is 3.41. The summed E-state index contributed by atoms with van der Waals surface area (Å²) in [5, 5.41) is 11.1. The fraction of sp³-hybridized carbons (Fsp3) is 0.808. The molecule has 0 aliphatic rings. The summed E-state index contributed by atoms with van der Waals surface area (Å²) >= 11 is 0. The molecule has 3 nitrogen and oxygen atoms in total. The third-order valence-electron chi connectivity index (χ3n) is 5.59. The molecule has 0 rings (SSSR count). The quantitative estimate of drug-likeness (QED) is 0.175. The molecule has 4 heteroatoms. The predicted molar refractivity (Wildman–Crippen MR) is 125 cm³/mol. The first-order chi connectivity index (χ1) is 14.0. The van der Waals surface area contributed by atoms with Gasteiger partial charge in [0.05, 0.1) is 5.97 Å². The van der Waals surface area contributed by atoms with Crippen LogP contribution in [0.1, 0.15) is 105 Å². The first-order valence-corrected chi connectivity index (χ1v) is 12.2. The number of unbranched alkanes of at least 4 members (excludes halogenated alkanes) is 6. The van der Waals surface area contributed by atoms with Crippen molar-refractivity contribution in [1.82, 2.24) is 4.90 Å². The van der Waals surface area contributed by atoms with Crippen molar-refractivity contribution in [3.05, 3.63) is 24.3 Å². The van der Waals surface area contributed by atoms with Crippen LogP contribution in [0.2, 0.25) is 0 Å². The Morgan fingerprint density at radius 1 is 0.800 bits per heavy atom. The van der Waals surface area contributed by atoms with E-state index in [0.717, 1.165) is 38.8 Å². The van der Waals surface area contributed by atoms with Gasteiger partial charge in [0.15, 0.2) is 0 Å². The van der Waals surface area contributed by atoms with Gasteiger partial charge in [0.1, 0.15) is 0 Å². The Morgan fingerprint density at radius 2 is 1.23 bits per heavy atom. The third-order valence-corrected chi connectivity index (χ3v) is 5.59. The van der Waals surface area contributed by atoms with Crippen molar-refractivity contribution in [3.8, 4) is 0 Å². The number of carbonyl (C=O) groups is 1. The van der Waals surface area contributed by atoms with Crippen LogP contribution in [0.25, 0.3) is 0 Å². The topological polar surface area (TPSA) is 43.4 Å². The normalized spacial score (nSPS) is 13.8. The summed E-state index contributed by atoms with van der Waals surface area (Å²) in [6, 6.07) is 0. The van der Waals surface area contributed by atoms with Crippen molar-refractivity contribution in [1.29, 1.82) is 0 Å². The second-order valence-electron chi connectivity index (χ2n) is 8.84. The van der Waals surface area contributed by atoms with E-state index in [0.29, 0.717) is 11.8 Å². The van der Waals surface area contributed by atoms with Gasteiger partial charge in [-0.1, -0.05) is 77.7 Å². The van der Waals surface area contributed by atoms with Gasteiger partial charge in [0, 0.05) is 6.54 Å². The SMILES string of the molecule is CCCCC/C=C/CC(C)CCN(CCC(C)C/C=C/CCCCC)CC(=O)[O-].[Li+]. The number of carbonyl (C=O) groups excluding carboxylic acids is 1. The number of aliphatic carboxylic acids is 1. The van der Waals surface area contributed by atoms with Gasteiger partial charge in [-0.05, 0) is 76.3 Å². The summed E-state index contributed by atoms with van der Waals surface area (Å²) in [6.45, 7) is 10.7. The maximum Gasteiger partial charge on any atom is 1.00 e. The molecule has 0 N–H and O–H groups in total. The number of allylic oxidation sites excluding steroid dienone is 4. The van der Waals surface area contributed by atoms with Crippen LogP contribution in [0, 0.1) is 11.8 Å². The minimum Gasteiger partial charge on any atom is -0.549 e. The molecule has 0 bridgehead atoms. The minimum absolute atomic E-state index is 0. The van der Waals surface area contributed by atoms with Gasteiger partial charge in [0.2, 0.25) is 0 Å². The monoisotopic (exact) mass is 413 g/mol. The molecule has 170 valence electrons. The van der Waals surface area contributed by atoms with Crippen molar-refractivity contribution in [3.63, 3.8) is 0 Å². The summed E-state index contributed by atoms with van der Waals surface area (Å²) in [4.78, 5) is 13.2. The standard InChI is InChI=1S/C26H49NO2.Li/c1-5-7-9-11-13-15-17-24(3)19-21-27(23-26(28)29)22-20-25(4)18-16-14-12-10-8-6-2;/h13-16,24-25H,5-12,17-23H2,1-4H3,(H,28,29);/q;+1/p-1/b15-13+,16-14+;. The zero-order valence-electron chi connectivity index (χ0n) is 20.8. The molecular weight excluding hydrogens is 365 g/mol. The van der Waals surface area contributed by atoms with Crippen molar-refractivity contribution >= 4 is 5.97 Å². The van der Waals surface area contributed by atoms with Crippen molar-refractivity contribution in [2.24, 2.45) is 11.8 Å². The van der Waals surface area contributed by atoms with Gasteiger partial charge in [-0.15, -0.1) is 0 Å². The van der Waals surface area contributed by atoms with E-state index < -0.39 is 5.97 Å². The number of carboxylic acids is 1. The molecule has 0 aliphatic carbocycles. The summed E-state index contributed by atoms with van der Waals surface area (Å²) in [6.07, 6.45) is 23.6. The van der Waals surface area contributed by atoms with Gasteiger partial charge in [-0.25, -0.2) is 0 Å².